The standard InChI is InChI=1S/C23H29BClFN2O4/c1-28(18-8-9-20(21(26)14-18)15-4-6-17(25)7-5-15)19-12-16(13-19)23(27,22(29)30)10-2-3-11-24(31)32/h4-9,14,16,19,31-32H,2-3,10-13,27H2,1H3,(H,29,30)/t16?,19?,23-/m0/s1. The van der Waals surface area contributed by atoms with Gasteiger partial charge in [-0.2, -0.15) is 0 Å². The van der Waals surface area contributed by atoms with Gasteiger partial charge in [0.15, 0.2) is 0 Å². The molecule has 0 radical (unpaired) electrons. The third kappa shape index (κ3) is 5.43. The maximum atomic E-state index is 14.8. The first-order valence-corrected chi connectivity index (χ1v) is 11.2. The van der Waals surface area contributed by atoms with Gasteiger partial charge in [-0.1, -0.05) is 36.6 Å². The number of carbonyl (C=O) groups is 1. The van der Waals surface area contributed by atoms with E-state index < -0.39 is 18.6 Å². The summed E-state index contributed by atoms with van der Waals surface area (Å²) in [5, 5.41) is 28.2. The van der Waals surface area contributed by atoms with Gasteiger partial charge in [0.2, 0.25) is 0 Å². The largest absolute Gasteiger partial charge is 0.480 e. The number of anilines is 1. The van der Waals surface area contributed by atoms with Crippen LogP contribution < -0.4 is 10.6 Å². The van der Waals surface area contributed by atoms with Gasteiger partial charge in [-0.25, -0.2) is 4.39 Å². The fourth-order valence-electron chi connectivity index (χ4n) is 4.35. The van der Waals surface area contributed by atoms with Crippen molar-refractivity contribution >= 4 is 30.4 Å². The van der Waals surface area contributed by atoms with Gasteiger partial charge >= 0.3 is 13.1 Å². The summed E-state index contributed by atoms with van der Waals surface area (Å²) in [6, 6.07) is 12.1. The van der Waals surface area contributed by atoms with Crippen molar-refractivity contribution in [2.24, 2.45) is 11.7 Å². The Morgan fingerprint density at radius 3 is 2.44 bits per heavy atom. The molecule has 6 nitrogen and oxygen atoms in total. The predicted molar refractivity (Wildman–Crippen MR) is 125 cm³/mol. The fourth-order valence-corrected chi connectivity index (χ4v) is 4.48. The number of benzene rings is 2. The number of halogens is 2. The smallest absolute Gasteiger partial charge is 0.451 e. The van der Waals surface area contributed by atoms with E-state index in [1.165, 1.54) is 6.07 Å². The van der Waals surface area contributed by atoms with Crippen molar-refractivity contribution in [3.63, 3.8) is 0 Å². The number of unbranched alkanes of at least 4 members (excludes halogenated alkanes) is 1. The minimum Gasteiger partial charge on any atom is -0.480 e. The molecule has 1 aliphatic carbocycles. The Kier molecular flexibility index (Phi) is 7.82. The molecule has 0 spiro atoms. The molecule has 3 rings (SSSR count). The van der Waals surface area contributed by atoms with Crippen LogP contribution in [0, 0.1) is 11.7 Å². The highest BCUT2D eigenvalue weighted by molar-refractivity contribution is 6.40. The number of rotatable bonds is 10. The number of hydrogen-bond acceptors (Lipinski definition) is 5. The third-order valence-electron chi connectivity index (χ3n) is 6.61. The molecule has 0 bridgehead atoms. The third-order valence-corrected chi connectivity index (χ3v) is 6.86. The molecule has 1 atom stereocenters. The monoisotopic (exact) mass is 462 g/mol. The zero-order valence-electron chi connectivity index (χ0n) is 18.0. The average molecular weight is 463 g/mol. The van der Waals surface area contributed by atoms with E-state index in [0.29, 0.717) is 36.3 Å². The second-order valence-corrected chi connectivity index (χ2v) is 9.11. The first-order valence-electron chi connectivity index (χ1n) is 10.8. The molecule has 1 aliphatic rings. The summed E-state index contributed by atoms with van der Waals surface area (Å²) in [4.78, 5) is 13.8. The summed E-state index contributed by atoms with van der Waals surface area (Å²) in [5.41, 5.74) is 6.88. The second kappa shape index (κ2) is 10.2. The average Bonchev–Trinajstić information content (AvgIpc) is 2.70. The lowest BCUT2D eigenvalue weighted by molar-refractivity contribution is -0.147. The van der Waals surface area contributed by atoms with Crippen LogP contribution in [-0.4, -0.2) is 46.9 Å². The van der Waals surface area contributed by atoms with Crippen molar-refractivity contribution in [2.75, 3.05) is 11.9 Å². The molecule has 32 heavy (non-hydrogen) atoms. The van der Waals surface area contributed by atoms with E-state index in [0.717, 1.165) is 11.3 Å². The van der Waals surface area contributed by atoms with E-state index in [9.17, 15) is 14.3 Å². The van der Waals surface area contributed by atoms with Crippen LogP contribution in [0.2, 0.25) is 11.3 Å². The molecular formula is C23H29BClFN2O4. The van der Waals surface area contributed by atoms with E-state index in [1.54, 1.807) is 30.3 Å². The van der Waals surface area contributed by atoms with Crippen LogP contribution in [0.1, 0.15) is 32.1 Å². The van der Waals surface area contributed by atoms with E-state index in [4.69, 9.17) is 27.4 Å². The lowest BCUT2D eigenvalue weighted by Gasteiger charge is -2.48. The highest BCUT2D eigenvalue weighted by Gasteiger charge is 2.49. The Labute approximate surface area is 193 Å². The van der Waals surface area contributed by atoms with Crippen molar-refractivity contribution in [1.29, 1.82) is 0 Å². The molecule has 1 fully saturated rings. The van der Waals surface area contributed by atoms with E-state index in [2.05, 4.69) is 0 Å². The minimum absolute atomic E-state index is 0.0716. The molecule has 0 amide bonds. The van der Waals surface area contributed by atoms with Crippen LogP contribution in [0.3, 0.4) is 0 Å². The van der Waals surface area contributed by atoms with Gasteiger partial charge in [-0.15, -0.1) is 0 Å². The van der Waals surface area contributed by atoms with Crippen LogP contribution in [0.25, 0.3) is 11.1 Å². The van der Waals surface area contributed by atoms with Crippen molar-refractivity contribution < 1.29 is 24.3 Å². The maximum absolute atomic E-state index is 14.8. The molecular weight excluding hydrogens is 434 g/mol. The van der Waals surface area contributed by atoms with Gasteiger partial charge in [-0.3, -0.25) is 4.79 Å². The number of carboxylic acids is 1. The zero-order valence-corrected chi connectivity index (χ0v) is 18.8. The lowest BCUT2D eigenvalue weighted by Crippen LogP contribution is -2.61. The Balaban J connectivity index is 1.62. The Morgan fingerprint density at radius 2 is 1.88 bits per heavy atom. The topological polar surface area (TPSA) is 107 Å². The molecule has 0 heterocycles. The molecule has 1 saturated carbocycles. The molecule has 0 saturated heterocycles. The molecule has 2 aromatic rings. The van der Waals surface area contributed by atoms with Gasteiger partial charge in [0.25, 0.3) is 0 Å². The van der Waals surface area contributed by atoms with Crippen molar-refractivity contribution in [1.82, 2.24) is 0 Å². The van der Waals surface area contributed by atoms with Gasteiger partial charge in [-0.05, 0) is 67.4 Å². The zero-order chi connectivity index (χ0) is 23.5. The van der Waals surface area contributed by atoms with Gasteiger partial charge < -0.3 is 25.8 Å². The van der Waals surface area contributed by atoms with Gasteiger partial charge in [0, 0.05) is 29.4 Å². The SMILES string of the molecule is CN(c1ccc(-c2ccc(Cl)cc2)c(F)c1)C1CC([C@@](N)(CCCCB(O)O)C(=O)O)C1. The van der Waals surface area contributed by atoms with Crippen LogP contribution in [0.4, 0.5) is 10.1 Å². The summed E-state index contributed by atoms with van der Waals surface area (Å²) in [6.07, 6.45) is 2.68. The summed E-state index contributed by atoms with van der Waals surface area (Å²) in [7, 11) is 0.486. The van der Waals surface area contributed by atoms with E-state index in [-0.39, 0.29) is 30.5 Å². The van der Waals surface area contributed by atoms with Crippen LogP contribution in [0.5, 0.6) is 0 Å². The molecule has 9 heteroatoms. The lowest BCUT2D eigenvalue weighted by atomic mass is 9.65. The predicted octanol–water partition coefficient (Wildman–Crippen LogP) is 3.79. The minimum atomic E-state index is -1.39. The molecule has 5 N–H and O–H groups in total. The molecule has 0 aliphatic heterocycles. The first-order chi connectivity index (χ1) is 15.1. The van der Waals surface area contributed by atoms with Crippen molar-refractivity contribution in [3.05, 3.63) is 53.3 Å². The first kappa shape index (κ1) is 24.5. The van der Waals surface area contributed by atoms with Gasteiger partial charge in [0.05, 0.1) is 0 Å². The Bertz CT molecular complexity index is 940. The number of nitrogens with zero attached hydrogens (tertiary/aromatic N) is 1. The number of carboxylic acid groups (broad SMARTS) is 1. The number of nitrogens with two attached hydrogens (primary N) is 1. The summed E-state index contributed by atoms with van der Waals surface area (Å²) in [6.45, 7) is 0. The number of aliphatic carboxylic acids is 1. The molecule has 0 unspecified atom stereocenters. The quantitative estimate of drug-likeness (QED) is 0.316. The molecule has 0 aromatic heterocycles. The van der Waals surface area contributed by atoms with Crippen LogP contribution in [-0.2, 0) is 4.79 Å². The summed E-state index contributed by atoms with van der Waals surface area (Å²) in [5.74, 6) is -1.56. The van der Waals surface area contributed by atoms with Crippen molar-refractivity contribution in [3.8, 4) is 11.1 Å². The highest BCUT2D eigenvalue weighted by Crippen LogP contribution is 2.42. The molecule has 2 aromatic carbocycles. The van der Waals surface area contributed by atoms with Crippen molar-refractivity contribution in [2.45, 2.75) is 50.0 Å². The highest BCUT2D eigenvalue weighted by atomic mass is 35.5. The Hall–Kier alpha value is -2.13. The fraction of sp³-hybridized carbons (Fsp3) is 0.435. The summed E-state index contributed by atoms with van der Waals surface area (Å²) >= 11 is 5.91. The van der Waals surface area contributed by atoms with Crippen LogP contribution in [0.15, 0.2) is 42.5 Å². The van der Waals surface area contributed by atoms with E-state index in [1.807, 2.05) is 18.0 Å². The summed E-state index contributed by atoms with van der Waals surface area (Å²) < 4.78 is 14.8. The second-order valence-electron chi connectivity index (χ2n) is 8.68. The number of hydrogen-bond donors (Lipinski definition) is 4. The Morgan fingerprint density at radius 1 is 1.22 bits per heavy atom. The van der Waals surface area contributed by atoms with Gasteiger partial charge in [0.1, 0.15) is 11.4 Å². The maximum Gasteiger partial charge on any atom is 0.451 e. The normalized spacial score (nSPS) is 19.7. The van der Waals surface area contributed by atoms with E-state index >= 15 is 0 Å². The molecule has 172 valence electrons. The van der Waals surface area contributed by atoms with Crippen LogP contribution >= 0.6 is 11.6 Å².